The molecule has 1 aromatic carbocycles. The SMILES string of the molecule is C=C1CC(C(=C)CC)Oc2ccccc21. The van der Waals surface area contributed by atoms with Crippen molar-refractivity contribution in [1.82, 2.24) is 0 Å². The molecule has 1 aromatic rings. The van der Waals surface area contributed by atoms with Crippen molar-refractivity contribution in [1.29, 1.82) is 0 Å². The minimum absolute atomic E-state index is 0.109. The maximum Gasteiger partial charge on any atom is 0.127 e. The van der Waals surface area contributed by atoms with Crippen molar-refractivity contribution in [2.24, 2.45) is 0 Å². The smallest absolute Gasteiger partial charge is 0.127 e. The Bertz CT molecular complexity index is 404. The van der Waals surface area contributed by atoms with Gasteiger partial charge in [-0.15, -0.1) is 0 Å². The van der Waals surface area contributed by atoms with Crippen molar-refractivity contribution >= 4 is 5.57 Å². The lowest BCUT2D eigenvalue weighted by atomic mass is 9.93. The fraction of sp³-hybridized carbons (Fsp3) is 0.286. The van der Waals surface area contributed by atoms with Gasteiger partial charge in [-0.2, -0.15) is 0 Å². The number of hydrogen-bond donors (Lipinski definition) is 0. The molecule has 2 rings (SSSR count). The van der Waals surface area contributed by atoms with Crippen LogP contribution in [0.2, 0.25) is 0 Å². The van der Waals surface area contributed by atoms with Crippen LogP contribution in [0.1, 0.15) is 25.3 Å². The Labute approximate surface area is 91.1 Å². The van der Waals surface area contributed by atoms with Crippen LogP contribution in [0.15, 0.2) is 43.0 Å². The second-order valence-corrected chi connectivity index (χ2v) is 3.92. The molecule has 15 heavy (non-hydrogen) atoms. The molecule has 0 aliphatic carbocycles. The molecule has 1 aliphatic heterocycles. The summed E-state index contributed by atoms with van der Waals surface area (Å²) in [5.41, 5.74) is 3.43. The van der Waals surface area contributed by atoms with Gasteiger partial charge in [-0.25, -0.2) is 0 Å². The van der Waals surface area contributed by atoms with E-state index in [1.165, 1.54) is 0 Å². The average molecular weight is 200 g/mol. The Balaban J connectivity index is 2.30. The molecule has 0 spiro atoms. The van der Waals surface area contributed by atoms with Gasteiger partial charge in [0.1, 0.15) is 11.9 Å². The van der Waals surface area contributed by atoms with Crippen molar-refractivity contribution in [2.75, 3.05) is 0 Å². The van der Waals surface area contributed by atoms with Crippen molar-refractivity contribution in [3.05, 3.63) is 48.6 Å². The molecule has 0 bridgehead atoms. The van der Waals surface area contributed by atoms with Crippen LogP contribution in [0.3, 0.4) is 0 Å². The summed E-state index contributed by atoms with van der Waals surface area (Å²) in [6.07, 6.45) is 1.93. The molecule has 1 atom stereocenters. The highest BCUT2D eigenvalue weighted by atomic mass is 16.5. The third kappa shape index (κ3) is 1.82. The summed E-state index contributed by atoms with van der Waals surface area (Å²) in [4.78, 5) is 0. The zero-order valence-electron chi connectivity index (χ0n) is 9.12. The highest BCUT2D eigenvalue weighted by molar-refractivity contribution is 5.71. The first-order chi connectivity index (χ1) is 7.22. The first kappa shape index (κ1) is 10.0. The quantitative estimate of drug-likeness (QED) is 0.659. The lowest BCUT2D eigenvalue weighted by Gasteiger charge is -2.28. The maximum atomic E-state index is 5.89. The van der Waals surface area contributed by atoms with Gasteiger partial charge in [0, 0.05) is 12.0 Å². The van der Waals surface area contributed by atoms with E-state index in [9.17, 15) is 0 Å². The van der Waals surface area contributed by atoms with Gasteiger partial charge < -0.3 is 4.74 Å². The van der Waals surface area contributed by atoms with Crippen LogP contribution in [0, 0.1) is 0 Å². The molecule has 0 N–H and O–H groups in total. The Morgan fingerprint density at radius 2 is 2.20 bits per heavy atom. The molecular formula is C14H16O. The largest absolute Gasteiger partial charge is 0.485 e. The molecule has 1 nitrogen and oxygen atoms in total. The normalized spacial score (nSPS) is 19.3. The molecule has 0 aromatic heterocycles. The topological polar surface area (TPSA) is 9.23 Å². The van der Waals surface area contributed by atoms with E-state index in [4.69, 9.17) is 4.74 Å². The Morgan fingerprint density at radius 3 is 2.93 bits per heavy atom. The number of hydrogen-bond acceptors (Lipinski definition) is 1. The third-order valence-corrected chi connectivity index (χ3v) is 2.88. The van der Waals surface area contributed by atoms with Crippen LogP contribution >= 0.6 is 0 Å². The Kier molecular flexibility index (Phi) is 2.63. The molecule has 1 heterocycles. The van der Waals surface area contributed by atoms with Gasteiger partial charge in [-0.3, -0.25) is 0 Å². The number of para-hydroxylation sites is 1. The van der Waals surface area contributed by atoms with Gasteiger partial charge >= 0.3 is 0 Å². The minimum atomic E-state index is 0.109. The van der Waals surface area contributed by atoms with Crippen molar-refractivity contribution in [3.63, 3.8) is 0 Å². The van der Waals surface area contributed by atoms with Crippen LogP contribution in [-0.4, -0.2) is 6.10 Å². The summed E-state index contributed by atoms with van der Waals surface area (Å²) in [5.74, 6) is 0.938. The van der Waals surface area contributed by atoms with Crippen LogP contribution in [0.5, 0.6) is 5.75 Å². The van der Waals surface area contributed by atoms with Gasteiger partial charge in [-0.1, -0.05) is 38.3 Å². The van der Waals surface area contributed by atoms with E-state index in [0.29, 0.717) is 0 Å². The van der Waals surface area contributed by atoms with Crippen LogP contribution in [-0.2, 0) is 0 Å². The second-order valence-electron chi connectivity index (χ2n) is 3.92. The number of benzene rings is 1. The molecule has 78 valence electrons. The second kappa shape index (κ2) is 3.93. The summed E-state index contributed by atoms with van der Waals surface area (Å²) >= 11 is 0. The predicted octanol–water partition coefficient (Wildman–Crippen LogP) is 3.82. The molecule has 1 heteroatoms. The van der Waals surface area contributed by atoms with E-state index in [0.717, 1.165) is 35.3 Å². The van der Waals surface area contributed by atoms with Crippen LogP contribution in [0.4, 0.5) is 0 Å². The predicted molar refractivity (Wildman–Crippen MR) is 63.9 cm³/mol. The highest BCUT2D eigenvalue weighted by Gasteiger charge is 2.23. The fourth-order valence-corrected chi connectivity index (χ4v) is 1.85. The summed E-state index contributed by atoms with van der Waals surface area (Å²) in [7, 11) is 0. The van der Waals surface area contributed by atoms with Crippen molar-refractivity contribution < 1.29 is 4.74 Å². The number of ether oxygens (including phenoxy) is 1. The van der Waals surface area contributed by atoms with E-state index in [1.54, 1.807) is 0 Å². The molecule has 1 unspecified atom stereocenters. The Morgan fingerprint density at radius 1 is 1.47 bits per heavy atom. The van der Waals surface area contributed by atoms with E-state index in [-0.39, 0.29) is 6.10 Å². The van der Waals surface area contributed by atoms with Gasteiger partial charge in [0.05, 0.1) is 0 Å². The lowest BCUT2D eigenvalue weighted by Crippen LogP contribution is -2.23. The summed E-state index contributed by atoms with van der Waals surface area (Å²) in [6, 6.07) is 8.06. The van der Waals surface area contributed by atoms with Gasteiger partial charge in [-0.05, 0) is 23.6 Å². The standard InChI is InChI=1S/C14H16O/c1-4-10(2)14-9-11(3)12-7-5-6-8-13(12)15-14/h5-8,14H,2-4,9H2,1H3. The number of rotatable bonds is 2. The van der Waals surface area contributed by atoms with Crippen LogP contribution < -0.4 is 4.74 Å². The number of fused-ring (bicyclic) bond motifs is 1. The minimum Gasteiger partial charge on any atom is -0.485 e. The van der Waals surface area contributed by atoms with Crippen molar-refractivity contribution in [3.8, 4) is 5.75 Å². The zero-order valence-corrected chi connectivity index (χ0v) is 9.12. The molecule has 0 radical (unpaired) electrons. The van der Waals surface area contributed by atoms with E-state index in [1.807, 2.05) is 18.2 Å². The fourth-order valence-electron chi connectivity index (χ4n) is 1.85. The molecule has 1 aliphatic rings. The first-order valence-electron chi connectivity index (χ1n) is 5.34. The van der Waals surface area contributed by atoms with E-state index in [2.05, 4.69) is 26.1 Å². The molecule has 0 fully saturated rings. The first-order valence-corrected chi connectivity index (χ1v) is 5.34. The highest BCUT2D eigenvalue weighted by Crippen LogP contribution is 2.36. The van der Waals surface area contributed by atoms with Crippen molar-refractivity contribution in [2.45, 2.75) is 25.9 Å². The van der Waals surface area contributed by atoms with Crippen LogP contribution in [0.25, 0.3) is 5.57 Å². The molecule has 0 amide bonds. The monoisotopic (exact) mass is 200 g/mol. The molecular weight excluding hydrogens is 184 g/mol. The molecule has 0 saturated heterocycles. The average Bonchev–Trinajstić information content (AvgIpc) is 2.28. The van der Waals surface area contributed by atoms with Gasteiger partial charge in [0.2, 0.25) is 0 Å². The summed E-state index contributed by atoms with van der Waals surface area (Å²) in [6.45, 7) is 10.2. The van der Waals surface area contributed by atoms with Gasteiger partial charge in [0.25, 0.3) is 0 Å². The van der Waals surface area contributed by atoms with E-state index >= 15 is 0 Å². The third-order valence-electron chi connectivity index (χ3n) is 2.88. The molecule has 0 saturated carbocycles. The zero-order chi connectivity index (χ0) is 10.8. The summed E-state index contributed by atoms with van der Waals surface area (Å²) in [5, 5.41) is 0. The maximum absolute atomic E-state index is 5.89. The summed E-state index contributed by atoms with van der Waals surface area (Å²) < 4.78 is 5.89. The van der Waals surface area contributed by atoms with E-state index < -0.39 is 0 Å². The lowest BCUT2D eigenvalue weighted by molar-refractivity contribution is 0.230. The van der Waals surface area contributed by atoms with Gasteiger partial charge in [0.15, 0.2) is 0 Å². The Hall–Kier alpha value is -1.50.